The highest BCUT2D eigenvalue weighted by atomic mass is 16.5. The van der Waals surface area contributed by atoms with Crippen molar-refractivity contribution in [1.82, 2.24) is 20.2 Å². The van der Waals surface area contributed by atoms with Crippen LogP contribution in [0.5, 0.6) is 11.5 Å². The Balaban J connectivity index is 1.82. The van der Waals surface area contributed by atoms with Gasteiger partial charge in [-0.05, 0) is 24.6 Å². The fourth-order valence-electron chi connectivity index (χ4n) is 2.20. The highest BCUT2D eigenvalue weighted by Gasteiger charge is 2.09. The van der Waals surface area contributed by atoms with Crippen LogP contribution >= 0.6 is 0 Å². The highest BCUT2D eigenvalue weighted by Crippen LogP contribution is 2.27. The van der Waals surface area contributed by atoms with Crippen LogP contribution in [-0.2, 0) is 13.1 Å². The van der Waals surface area contributed by atoms with Crippen molar-refractivity contribution >= 4 is 6.03 Å². The van der Waals surface area contributed by atoms with Gasteiger partial charge < -0.3 is 24.7 Å². The van der Waals surface area contributed by atoms with Crippen molar-refractivity contribution in [1.29, 1.82) is 0 Å². The number of nitrogens with zero attached hydrogens (tertiary/aromatic N) is 2. The minimum atomic E-state index is -0.215. The van der Waals surface area contributed by atoms with E-state index in [0.717, 1.165) is 5.56 Å². The molecular weight excluding hydrogens is 296 g/mol. The van der Waals surface area contributed by atoms with E-state index in [0.29, 0.717) is 24.6 Å². The molecule has 0 aliphatic carbocycles. The molecule has 0 saturated heterocycles. The maximum absolute atomic E-state index is 11.9. The van der Waals surface area contributed by atoms with E-state index in [4.69, 9.17) is 9.47 Å². The SMILES string of the molecule is COc1ccc(CNC(=O)NC(C)Cn2ccnc2)cc1OC. The highest BCUT2D eigenvalue weighted by molar-refractivity contribution is 5.74. The van der Waals surface area contributed by atoms with Crippen molar-refractivity contribution in [3.63, 3.8) is 0 Å². The molecule has 2 N–H and O–H groups in total. The average molecular weight is 318 g/mol. The van der Waals surface area contributed by atoms with E-state index in [1.165, 1.54) is 0 Å². The number of methoxy groups -OCH3 is 2. The lowest BCUT2D eigenvalue weighted by molar-refractivity contribution is 0.236. The second-order valence-electron chi connectivity index (χ2n) is 5.18. The van der Waals surface area contributed by atoms with Crippen molar-refractivity contribution < 1.29 is 14.3 Å². The number of rotatable bonds is 7. The van der Waals surface area contributed by atoms with Crippen LogP contribution in [-0.4, -0.2) is 35.8 Å². The second-order valence-corrected chi connectivity index (χ2v) is 5.18. The molecule has 0 spiro atoms. The Morgan fingerprint density at radius 2 is 2.09 bits per heavy atom. The molecule has 124 valence electrons. The number of nitrogens with one attached hydrogen (secondary N) is 2. The molecule has 1 aromatic heterocycles. The van der Waals surface area contributed by atoms with E-state index >= 15 is 0 Å². The van der Waals surface area contributed by atoms with Crippen LogP contribution < -0.4 is 20.1 Å². The molecule has 0 fully saturated rings. The summed E-state index contributed by atoms with van der Waals surface area (Å²) in [7, 11) is 3.17. The number of amides is 2. The van der Waals surface area contributed by atoms with Crippen LogP contribution in [0.3, 0.4) is 0 Å². The smallest absolute Gasteiger partial charge is 0.315 e. The molecule has 0 aliphatic rings. The molecule has 0 saturated carbocycles. The number of benzene rings is 1. The molecule has 2 rings (SSSR count). The molecule has 23 heavy (non-hydrogen) atoms. The minimum absolute atomic E-state index is 0.00500. The maximum Gasteiger partial charge on any atom is 0.315 e. The van der Waals surface area contributed by atoms with Crippen LogP contribution in [0.4, 0.5) is 4.79 Å². The van der Waals surface area contributed by atoms with Gasteiger partial charge in [-0.15, -0.1) is 0 Å². The van der Waals surface area contributed by atoms with Gasteiger partial charge in [0.1, 0.15) is 0 Å². The van der Waals surface area contributed by atoms with Gasteiger partial charge in [-0.1, -0.05) is 6.07 Å². The number of carbonyl (C=O) groups is 1. The molecular formula is C16H22N4O3. The standard InChI is InChI=1S/C16H22N4O3/c1-12(10-20-7-6-17-11-20)19-16(21)18-9-13-4-5-14(22-2)15(8-13)23-3/h4-8,11-12H,9-10H2,1-3H3,(H2,18,19,21). The first kappa shape index (κ1) is 16.7. The van der Waals surface area contributed by atoms with Crippen LogP contribution in [0.15, 0.2) is 36.9 Å². The van der Waals surface area contributed by atoms with Crippen molar-refractivity contribution in [2.45, 2.75) is 26.1 Å². The van der Waals surface area contributed by atoms with Crippen LogP contribution in [0.2, 0.25) is 0 Å². The fraction of sp³-hybridized carbons (Fsp3) is 0.375. The molecule has 1 heterocycles. The van der Waals surface area contributed by atoms with E-state index in [9.17, 15) is 4.79 Å². The first-order valence-corrected chi connectivity index (χ1v) is 7.33. The second kappa shape index (κ2) is 8.07. The zero-order valence-electron chi connectivity index (χ0n) is 13.6. The van der Waals surface area contributed by atoms with Gasteiger partial charge in [0.15, 0.2) is 11.5 Å². The largest absolute Gasteiger partial charge is 0.493 e. The van der Waals surface area contributed by atoms with E-state index in [1.807, 2.05) is 35.9 Å². The van der Waals surface area contributed by atoms with E-state index < -0.39 is 0 Å². The predicted octanol–water partition coefficient (Wildman–Crippen LogP) is 1.79. The Hall–Kier alpha value is -2.70. The lowest BCUT2D eigenvalue weighted by atomic mass is 10.2. The zero-order chi connectivity index (χ0) is 16.7. The summed E-state index contributed by atoms with van der Waals surface area (Å²) in [4.78, 5) is 15.9. The monoisotopic (exact) mass is 318 g/mol. The molecule has 0 radical (unpaired) electrons. The van der Waals surface area contributed by atoms with E-state index in [2.05, 4.69) is 15.6 Å². The number of hydrogen-bond acceptors (Lipinski definition) is 4. The summed E-state index contributed by atoms with van der Waals surface area (Å²) in [6, 6.07) is 5.32. The fourth-order valence-corrected chi connectivity index (χ4v) is 2.20. The number of imidazole rings is 1. The number of urea groups is 1. The van der Waals surface area contributed by atoms with Gasteiger partial charge in [0.25, 0.3) is 0 Å². The molecule has 1 unspecified atom stereocenters. The summed E-state index contributed by atoms with van der Waals surface area (Å²) in [6.07, 6.45) is 5.29. The van der Waals surface area contributed by atoms with Crippen molar-refractivity contribution in [3.05, 3.63) is 42.5 Å². The maximum atomic E-state index is 11.9. The Labute approximate surface area is 135 Å². The molecule has 2 aromatic rings. The van der Waals surface area contributed by atoms with Crippen molar-refractivity contribution in [3.8, 4) is 11.5 Å². The minimum Gasteiger partial charge on any atom is -0.493 e. The number of ether oxygens (including phenoxy) is 2. The van der Waals surface area contributed by atoms with Gasteiger partial charge >= 0.3 is 6.03 Å². The molecule has 0 aliphatic heterocycles. The Bertz CT molecular complexity index is 628. The van der Waals surface area contributed by atoms with Gasteiger partial charge in [0.2, 0.25) is 0 Å². The van der Waals surface area contributed by atoms with Gasteiger partial charge in [0.05, 0.1) is 20.5 Å². The van der Waals surface area contributed by atoms with E-state index in [1.54, 1.807) is 26.7 Å². The van der Waals surface area contributed by atoms with Gasteiger partial charge in [-0.2, -0.15) is 0 Å². The lowest BCUT2D eigenvalue weighted by Crippen LogP contribution is -2.42. The van der Waals surface area contributed by atoms with Crippen LogP contribution in [0.1, 0.15) is 12.5 Å². The molecule has 1 atom stereocenters. The van der Waals surface area contributed by atoms with Gasteiger partial charge in [-0.25, -0.2) is 9.78 Å². The van der Waals surface area contributed by atoms with Crippen LogP contribution in [0, 0.1) is 0 Å². The first-order chi connectivity index (χ1) is 11.1. The Morgan fingerprint density at radius 3 is 2.74 bits per heavy atom. The quantitative estimate of drug-likeness (QED) is 0.816. The summed E-state index contributed by atoms with van der Waals surface area (Å²) in [6.45, 7) is 3.02. The molecule has 0 bridgehead atoms. The van der Waals surface area contributed by atoms with Crippen LogP contribution in [0.25, 0.3) is 0 Å². The molecule has 2 amide bonds. The van der Waals surface area contributed by atoms with E-state index in [-0.39, 0.29) is 12.1 Å². The summed E-state index contributed by atoms with van der Waals surface area (Å²) < 4.78 is 12.3. The Kier molecular flexibility index (Phi) is 5.85. The number of hydrogen-bond donors (Lipinski definition) is 2. The predicted molar refractivity (Wildman–Crippen MR) is 86.6 cm³/mol. The van der Waals surface area contributed by atoms with Gasteiger partial charge in [0, 0.05) is 31.5 Å². The topological polar surface area (TPSA) is 77.4 Å². The van der Waals surface area contributed by atoms with Gasteiger partial charge in [-0.3, -0.25) is 0 Å². The number of aromatic nitrogens is 2. The molecule has 1 aromatic carbocycles. The summed E-state index contributed by atoms with van der Waals surface area (Å²) in [5, 5.41) is 5.71. The third kappa shape index (κ3) is 4.91. The molecule has 7 nitrogen and oxygen atoms in total. The summed E-state index contributed by atoms with van der Waals surface area (Å²) >= 11 is 0. The normalized spacial score (nSPS) is 11.6. The number of carbonyl (C=O) groups excluding carboxylic acids is 1. The third-order valence-electron chi connectivity index (χ3n) is 3.32. The van der Waals surface area contributed by atoms with Crippen molar-refractivity contribution in [2.75, 3.05) is 14.2 Å². The average Bonchev–Trinajstić information content (AvgIpc) is 3.05. The summed E-state index contributed by atoms with van der Waals surface area (Å²) in [5.41, 5.74) is 0.931. The first-order valence-electron chi connectivity index (χ1n) is 7.33. The molecule has 7 heteroatoms. The third-order valence-corrected chi connectivity index (χ3v) is 3.32. The Morgan fingerprint density at radius 1 is 1.30 bits per heavy atom. The van der Waals surface area contributed by atoms with Crippen molar-refractivity contribution in [2.24, 2.45) is 0 Å². The zero-order valence-corrected chi connectivity index (χ0v) is 13.6. The summed E-state index contributed by atoms with van der Waals surface area (Å²) in [5.74, 6) is 1.30. The lowest BCUT2D eigenvalue weighted by Gasteiger charge is -2.15.